The van der Waals surface area contributed by atoms with Crippen LogP contribution < -0.4 is 10.6 Å². The summed E-state index contributed by atoms with van der Waals surface area (Å²) < 4.78 is 5.11. The molecule has 1 aliphatic heterocycles. The Bertz CT molecular complexity index is 387. The smallest absolute Gasteiger partial charge is 0.228 e. The van der Waals surface area contributed by atoms with Crippen molar-refractivity contribution in [3.8, 4) is 0 Å². The van der Waals surface area contributed by atoms with Crippen molar-refractivity contribution in [1.29, 1.82) is 0 Å². The van der Waals surface area contributed by atoms with E-state index in [1.807, 2.05) is 24.3 Å². The minimum atomic E-state index is 0.0885. The van der Waals surface area contributed by atoms with Crippen LogP contribution in [0.15, 0.2) is 24.3 Å². The Balaban J connectivity index is 2.04. The van der Waals surface area contributed by atoms with Gasteiger partial charge in [0.25, 0.3) is 0 Å². The molecular weight excluding hydrogens is 216 g/mol. The van der Waals surface area contributed by atoms with Crippen molar-refractivity contribution in [2.75, 3.05) is 25.5 Å². The number of rotatable bonds is 4. The number of para-hydroxylation sites is 1. The Kier molecular flexibility index (Phi) is 4.12. The fourth-order valence-electron chi connectivity index (χ4n) is 2.04. The monoisotopic (exact) mass is 234 g/mol. The maximum Gasteiger partial charge on any atom is 0.228 e. The Morgan fingerprint density at radius 3 is 3.06 bits per heavy atom. The Morgan fingerprint density at radius 2 is 2.35 bits per heavy atom. The second kappa shape index (κ2) is 5.80. The lowest BCUT2D eigenvalue weighted by Gasteiger charge is -2.13. The summed E-state index contributed by atoms with van der Waals surface area (Å²) in [6, 6.07) is 7.74. The standard InChI is InChI=1S/C13H18N2O2/c1-17-9-11-4-2-3-5-12(11)15-13(16)10-6-7-14-8-10/h2-5,10,14H,6-9H2,1H3,(H,15,16). The lowest BCUT2D eigenvalue weighted by atomic mass is 10.1. The van der Waals surface area contributed by atoms with E-state index < -0.39 is 0 Å². The van der Waals surface area contributed by atoms with Gasteiger partial charge in [0.1, 0.15) is 0 Å². The average Bonchev–Trinajstić information content (AvgIpc) is 2.85. The second-order valence-electron chi connectivity index (χ2n) is 4.27. The molecule has 17 heavy (non-hydrogen) atoms. The molecule has 1 saturated heterocycles. The molecule has 0 spiro atoms. The van der Waals surface area contributed by atoms with E-state index >= 15 is 0 Å². The van der Waals surface area contributed by atoms with Gasteiger partial charge in [-0.3, -0.25) is 4.79 Å². The summed E-state index contributed by atoms with van der Waals surface area (Å²) in [6.45, 7) is 2.22. The molecule has 92 valence electrons. The van der Waals surface area contributed by atoms with E-state index in [0.29, 0.717) is 6.61 Å². The van der Waals surface area contributed by atoms with Crippen LogP contribution in [0.1, 0.15) is 12.0 Å². The first kappa shape index (κ1) is 12.1. The fraction of sp³-hybridized carbons (Fsp3) is 0.462. The number of methoxy groups -OCH3 is 1. The topological polar surface area (TPSA) is 50.4 Å². The Hall–Kier alpha value is -1.39. The van der Waals surface area contributed by atoms with Crippen molar-refractivity contribution in [1.82, 2.24) is 5.32 Å². The molecular formula is C13H18N2O2. The molecule has 0 bridgehead atoms. The van der Waals surface area contributed by atoms with E-state index in [0.717, 1.165) is 30.8 Å². The van der Waals surface area contributed by atoms with Crippen molar-refractivity contribution >= 4 is 11.6 Å². The van der Waals surface area contributed by atoms with E-state index in [-0.39, 0.29) is 11.8 Å². The molecule has 1 aromatic carbocycles. The van der Waals surface area contributed by atoms with Gasteiger partial charge in [-0.1, -0.05) is 18.2 Å². The van der Waals surface area contributed by atoms with Crippen molar-refractivity contribution in [3.05, 3.63) is 29.8 Å². The van der Waals surface area contributed by atoms with E-state index in [1.54, 1.807) is 7.11 Å². The van der Waals surface area contributed by atoms with E-state index in [2.05, 4.69) is 10.6 Å². The zero-order valence-corrected chi connectivity index (χ0v) is 10.0. The molecule has 4 nitrogen and oxygen atoms in total. The van der Waals surface area contributed by atoms with Crippen LogP contribution in [-0.4, -0.2) is 26.1 Å². The number of carbonyl (C=O) groups excluding carboxylic acids is 1. The summed E-state index contributed by atoms with van der Waals surface area (Å²) in [5.41, 5.74) is 1.86. The minimum Gasteiger partial charge on any atom is -0.380 e. The van der Waals surface area contributed by atoms with Gasteiger partial charge in [0.15, 0.2) is 0 Å². The van der Waals surface area contributed by atoms with Crippen LogP contribution in [0, 0.1) is 5.92 Å². The minimum absolute atomic E-state index is 0.0885. The normalized spacial score (nSPS) is 19.2. The highest BCUT2D eigenvalue weighted by atomic mass is 16.5. The summed E-state index contributed by atoms with van der Waals surface area (Å²) in [7, 11) is 1.65. The van der Waals surface area contributed by atoms with Gasteiger partial charge < -0.3 is 15.4 Å². The van der Waals surface area contributed by atoms with Crippen LogP contribution in [0.2, 0.25) is 0 Å². The van der Waals surface area contributed by atoms with Gasteiger partial charge in [-0.05, 0) is 19.0 Å². The number of benzene rings is 1. The van der Waals surface area contributed by atoms with Crippen molar-refractivity contribution < 1.29 is 9.53 Å². The molecule has 1 aromatic rings. The number of carbonyl (C=O) groups is 1. The number of ether oxygens (including phenoxy) is 1. The van der Waals surface area contributed by atoms with E-state index in [4.69, 9.17) is 4.74 Å². The molecule has 1 aliphatic rings. The predicted octanol–water partition coefficient (Wildman–Crippen LogP) is 1.38. The third kappa shape index (κ3) is 3.05. The zero-order valence-electron chi connectivity index (χ0n) is 10.0. The van der Waals surface area contributed by atoms with Gasteiger partial charge in [0, 0.05) is 24.9 Å². The SMILES string of the molecule is COCc1ccccc1NC(=O)C1CCNC1. The molecule has 1 heterocycles. The maximum absolute atomic E-state index is 12.0. The largest absolute Gasteiger partial charge is 0.380 e. The molecule has 0 saturated carbocycles. The fourth-order valence-corrected chi connectivity index (χ4v) is 2.04. The zero-order chi connectivity index (χ0) is 12.1. The average molecular weight is 234 g/mol. The number of hydrogen-bond donors (Lipinski definition) is 2. The quantitative estimate of drug-likeness (QED) is 0.827. The molecule has 0 aromatic heterocycles. The van der Waals surface area contributed by atoms with Crippen molar-refractivity contribution in [2.45, 2.75) is 13.0 Å². The summed E-state index contributed by atoms with van der Waals surface area (Å²) in [5, 5.41) is 6.17. The first-order chi connectivity index (χ1) is 8.31. The Morgan fingerprint density at radius 1 is 1.53 bits per heavy atom. The number of anilines is 1. The molecule has 1 unspecified atom stereocenters. The van der Waals surface area contributed by atoms with Crippen LogP contribution in [-0.2, 0) is 16.1 Å². The predicted molar refractivity (Wildman–Crippen MR) is 66.8 cm³/mol. The summed E-state index contributed by atoms with van der Waals surface area (Å²) >= 11 is 0. The molecule has 2 rings (SSSR count). The summed E-state index contributed by atoms with van der Waals surface area (Å²) in [4.78, 5) is 12.0. The molecule has 1 fully saturated rings. The number of nitrogens with one attached hydrogen (secondary N) is 2. The highest BCUT2D eigenvalue weighted by Crippen LogP contribution is 2.18. The van der Waals surface area contributed by atoms with Crippen molar-refractivity contribution in [2.24, 2.45) is 5.92 Å². The van der Waals surface area contributed by atoms with Gasteiger partial charge in [0.05, 0.1) is 12.5 Å². The third-order valence-corrected chi connectivity index (χ3v) is 3.01. The van der Waals surface area contributed by atoms with Gasteiger partial charge in [-0.15, -0.1) is 0 Å². The third-order valence-electron chi connectivity index (χ3n) is 3.01. The first-order valence-corrected chi connectivity index (χ1v) is 5.89. The molecule has 2 N–H and O–H groups in total. The van der Waals surface area contributed by atoms with Crippen LogP contribution in [0.25, 0.3) is 0 Å². The maximum atomic E-state index is 12.0. The van der Waals surface area contributed by atoms with Gasteiger partial charge in [-0.2, -0.15) is 0 Å². The summed E-state index contributed by atoms with van der Waals surface area (Å²) in [5.74, 6) is 0.184. The molecule has 1 atom stereocenters. The van der Waals surface area contributed by atoms with Gasteiger partial charge in [-0.25, -0.2) is 0 Å². The van der Waals surface area contributed by atoms with Crippen molar-refractivity contribution in [3.63, 3.8) is 0 Å². The van der Waals surface area contributed by atoms with E-state index in [1.165, 1.54) is 0 Å². The second-order valence-corrected chi connectivity index (χ2v) is 4.27. The summed E-state index contributed by atoms with van der Waals surface area (Å²) in [6.07, 6.45) is 0.915. The lowest BCUT2D eigenvalue weighted by molar-refractivity contribution is -0.119. The highest BCUT2D eigenvalue weighted by Gasteiger charge is 2.22. The molecule has 4 heteroatoms. The van der Waals surface area contributed by atoms with Crippen LogP contribution in [0.3, 0.4) is 0 Å². The molecule has 0 radical (unpaired) electrons. The molecule has 0 aliphatic carbocycles. The first-order valence-electron chi connectivity index (χ1n) is 5.89. The number of amides is 1. The van der Waals surface area contributed by atoms with Gasteiger partial charge in [0.2, 0.25) is 5.91 Å². The molecule has 1 amide bonds. The Labute approximate surface area is 101 Å². The van der Waals surface area contributed by atoms with Crippen LogP contribution in [0.4, 0.5) is 5.69 Å². The highest BCUT2D eigenvalue weighted by molar-refractivity contribution is 5.93. The van der Waals surface area contributed by atoms with E-state index in [9.17, 15) is 4.79 Å². The number of hydrogen-bond acceptors (Lipinski definition) is 3. The van der Waals surface area contributed by atoms with Crippen LogP contribution >= 0.6 is 0 Å². The lowest BCUT2D eigenvalue weighted by Crippen LogP contribution is -2.25. The van der Waals surface area contributed by atoms with Crippen LogP contribution in [0.5, 0.6) is 0 Å². The van der Waals surface area contributed by atoms with Gasteiger partial charge >= 0.3 is 0 Å².